The third kappa shape index (κ3) is 6.82. The van der Waals surface area contributed by atoms with Crippen LogP contribution in [0, 0.1) is 0 Å². The number of ether oxygens (including phenoxy) is 2. The monoisotopic (exact) mass is 561 g/mol. The molecule has 0 saturated carbocycles. The minimum Gasteiger partial charge on any atom is -0.469 e. The van der Waals surface area contributed by atoms with Crippen LogP contribution in [0.5, 0.6) is 0 Å². The fraction of sp³-hybridized carbons (Fsp3) is 0.387. The van der Waals surface area contributed by atoms with Crippen LogP contribution in [0.2, 0.25) is 0 Å². The molecule has 1 aliphatic rings. The summed E-state index contributed by atoms with van der Waals surface area (Å²) >= 11 is 0. The summed E-state index contributed by atoms with van der Waals surface area (Å²) in [4.78, 5) is 63.2. The lowest BCUT2D eigenvalue weighted by Crippen LogP contribution is -2.33. The number of pyridine rings is 1. The van der Waals surface area contributed by atoms with E-state index in [4.69, 9.17) is 4.74 Å². The first-order valence-corrected chi connectivity index (χ1v) is 13.7. The summed E-state index contributed by atoms with van der Waals surface area (Å²) in [7, 11) is 1.32. The number of alkyl carbamates (subject to hydrolysis) is 1. The number of hydrogen-bond acceptors (Lipinski definition) is 7. The Balaban J connectivity index is 1.60. The lowest BCUT2D eigenvalue weighted by molar-refractivity contribution is -0.140. The fourth-order valence-electron chi connectivity index (χ4n) is 4.89. The number of methoxy groups -OCH3 is 1. The molecule has 2 N–H and O–H groups in total. The van der Waals surface area contributed by atoms with E-state index >= 15 is 0 Å². The molecule has 0 aliphatic heterocycles. The van der Waals surface area contributed by atoms with Gasteiger partial charge < -0.3 is 24.7 Å². The van der Waals surface area contributed by atoms with Crippen molar-refractivity contribution in [2.45, 2.75) is 65.0 Å². The summed E-state index contributed by atoms with van der Waals surface area (Å²) in [5, 5.41) is 6.35. The molecule has 10 heteroatoms. The van der Waals surface area contributed by atoms with E-state index in [0.717, 1.165) is 0 Å². The van der Waals surface area contributed by atoms with E-state index in [1.165, 1.54) is 7.11 Å². The number of benzene rings is 2. The topological polar surface area (TPSA) is 133 Å². The molecule has 0 atom stereocenters. The zero-order valence-corrected chi connectivity index (χ0v) is 23.8. The van der Waals surface area contributed by atoms with E-state index < -0.39 is 11.7 Å². The highest BCUT2D eigenvalue weighted by Gasteiger charge is 2.32. The van der Waals surface area contributed by atoms with Gasteiger partial charge in [-0.05, 0) is 52.2 Å². The second-order valence-electron chi connectivity index (χ2n) is 10.9. The Morgan fingerprint density at radius 3 is 2.32 bits per heavy atom. The maximum absolute atomic E-state index is 13.8. The number of hydrogen-bond donors (Lipinski definition) is 2. The third-order valence-electron chi connectivity index (χ3n) is 6.70. The summed E-state index contributed by atoms with van der Waals surface area (Å²) in [6.07, 6.45) is 1.38. The first kappa shape index (κ1) is 29.5. The van der Waals surface area contributed by atoms with Gasteiger partial charge in [-0.25, -0.2) is 4.79 Å². The van der Waals surface area contributed by atoms with Crippen LogP contribution in [0.25, 0.3) is 22.0 Å². The molecule has 41 heavy (non-hydrogen) atoms. The van der Waals surface area contributed by atoms with Crippen LogP contribution in [-0.4, -0.2) is 47.6 Å². The lowest BCUT2D eigenvalue weighted by Gasteiger charge is -2.20. The molecule has 0 fully saturated rings. The van der Waals surface area contributed by atoms with Crippen molar-refractivity contribution in [3.8, 4) is 11.3 Å². The number of aromatic nitrogens is 1. The molecule has 1 aliphatic carbocycles. The molecular weight excluding hydrogens is 526 g/mol. The molecule has 3 aromatic rings. The van der Waals surface area contributed by atoms with Crippen molar-refractivity contribution in [3.05, 3.63) is 63.9 Å². The molecule has 4 rings (SSSR count). The number of carbonyl (C=O) groups is 4. The Bertz CT molecular complexity index is 1570. The lowest BCUT2D eigenvalue weighted by atomic mass is 10.0. The van der Waals surface area contributed by atoms with Gasteiger partial charge in [-0.1, -0.05) is 30.3 Å². The quantitative estimate of drug-likeness (QED) is 0.210. The predicted molar refractivity (Wildman–Crippen MR) is 155 cm³/mol. The van der Waals surface area contributed by atoms with Gasteiger partial charge in [-0.15, -0.1) is 0 Å². The molecule has 0 unspecified atom stereocenters. The van der Waals surface area contributed by atoms with Gasteiger partial charge in [-0.3, -0.25) is 19.2 Å². The second-order valence-corrected chi connectivity index (χ2v) is 10.9. The van der Waals surface area contributed by atoms with Crippen LogP contribution < -0.4 is 16.2 Å². The maximum atomic E-state index is 13.8. The Hall–Kier alpha value is -4.47. The number of amides is 2. The number of unbranched alkanes of at least 4 members (excludes halogenated alkanes) is 1. The van der Waals surface area contributed by atoms with Crippen LogP contribution in [0.15, 0.2) is 47.3 Å². The van der Waals surface area contributed by atoms with E-state index in [1.54, 1.807) is 55.7 Å². The number of rotatable bonds is 10. The Kier molecular flexibility index (Phi) is 8.90. The number of carbonyl (C=O) groups excluding carboxylic acids is 4. The summed E-state index contributed by atoms with van der Waals surface area (Å²) in [6, 6.07) is 12.2. The van der Waals surface area contributed by atoms with Crippen molar-refractivity contribution < 1.29 is 28.7 Å². The Morgan fingerprint density at radius 1 is 0.902 bits per heavy atom. The van der Waals surface area contributed by atoms with Gasteiger partial charge in [0.15, 0.2) is 5.78 Å². The molecule has 0 bridgehead atoms. The first-order chi connectivity index (χ1) is 19.5. The van der Waals surface area contributed by atoms with Crippen LogP contribution >= 0.6 is 0 Å². The second kappa shape index (κ2) is 12.4. The molecule has 1 aromatic heterocycles. The number of nitrogens with zero attached hydrogens (tertiary/aromatic N) is 1. The van der Waals surface area contributed by atoms with Gasteiger partial charge in [0, 0.05) is 48.1 Å². The van der Waals surface area contributed by atoms with Crippen LogP contribution in [-0.2, 0) is 25.6 Å². The van der Waals surface area contributed by atoms with Crippen molar-refractivity contribution in [2.75, 3.05) is 19.0 Å². The van der Waals surface area contributed by atoms with E-state index in [-0.39, 0.29) is 49.2 Å². The molecule has 1 heterocycles. The van der Waals surface area contributed by atoms with Crippen molar-refractivity contribution in [1.82, 2.24) is 9.88 Å². The highest BCUT2D eigenvalue weighted by Crippen LogP contribution is 2.39. The molecule has 0 radical (unpaired) electrons. The van der Waals surface area contributed by atoms with Crippen molar-refractivity contribution in [2.24, 2.45) is 0 Å². The van der Waals surface area contributed by atoms with Crippen molar-refractivity contribution in [1.29, 1.82) is 0 Å². The highest BCUT2D eigenvalue weighted by molar-refractivity contribution is 6.26. The zero-order chi connectivity index (χ0) is 29.7. The maximum Gasteiger partial charge on any atom is 0.407 e. The highest BCUT2D eigenvalue weighted by atomic mass is 16.6. The molecule has 10 nitrogen and oxygen atoms in total. The SMILES string of the molecule is COC(=O)CCCCC(=O)Nc1ccc2c3c(n(CCCNC(=O)OC(C)(C)C)c(=O)c2c1)-c1ccccc1C3=O. The minimum absolute atomic E-state index is 0.163. The van der Waals surface area contributed by atoms with Gasteiger partial charge in [-0.2, -0.15) is 0 Å². The van der Waals surface area contributed by atoms with Crippen LogP contribution in [0.3, 0.4) is 0 Å². The van der Waals surface area contributed by atoms with Crippen LogP contribution in [0.1, 0.15) is 68.8 Å². The van der Waals surface area contributed by atoms with Crippen molar-refractivity contribution >= 4 is 40.2 Å². The summed E-state index contributed by atoms with van der Waals surface area (Å²) in [5.41, 5.74) is 1.74. The summed E-state index contributed by atoms with van der Waals surface area (Å²) in [5.74, 6) is -0.725. The minimum atomic E-state index is -0.625. The Morgan fingerprint density at radius 2 is 1.61 bits per heavy atom. The number of fused-ring (bicyclic) bond motifs is 5. The average molecular weight is 562 g/mol. The molecule has 2 amide bonds. The largest absolute Gasteiger partial charge is 0.469 e. The fourth-order valence-corrected chi connectivity index (χ4v) is 4.89. The van der Waals surface area contributed by atoms with Crippen LogP contribution in [0.4, 0.5) is 10.5 Å². The smallest absolute Gasteiger partial charge is 0.407 e. The molecule has 0 spiro atoms. The molecular formula is C31H35N3O7. The molecule has 2 aromatic carbocycles. The third-order valence-corrected chi connectivity index (χ3v) is 6.70. The normalized spacial score (nSPS) is 12.0. The first-order valence-electron chi connectivity index (χ1n) is 13.7. The average Bonchev–Trinajstić information content (AvgIpc) is 3.22. The van der Waals surface area contributed by atoms with Crippen molar-refractivity contribution in [3.63, 3.8) is 0 Å². The predicted octanol–water partition coefficient (Wildman–Crippen LogP) is 4.80. The number of anilines is 1. The van der Waals surface area contributed by atoms with E-state index in [1.807, 2.05) is 12.1 Å². The summed E-state index contributed by atoms with van der Waals surface area (Å²) < 4.78 is 11.5. The van der Waals surface area contributed by atoms with Gasteiger partial charge in [0.2, 0.25) is 5.91 Å². The zero-order valence-electron chi connectivity index (χ0n) is 23.8. The van der Waals surface area contributed by atoms with E-state index in [2.05, 4.69) is 15.4 Å². The Labute approximate surface area is 238 Å². The standard InChI is InChI=1S/C31H35N3O7/c1-31(2,3)41-30(39)32-16-9-17-34-27-21-10-5-6-11-22(21)28(37)26(27)20-15-14-19(18-23(20)29(34)38)33-24(35)12-7-8-13-25(36)40-4/h5-6,10-11,14-15,18H,7-9,12-13,16-17H2,1-4H3,(H,32,39)(H,33,35). The van der Waals surface area contributed by atoms with Gasteiger partial charge in [0.25, 0.3) is 5.56 Å². The number of nitrogens with one attached hydrogen (secondary N) is 2. The number of esters is 1. The van der Waals surface area contributed by atoms with Gasteiger partial charge in [0.05, 0.1) is 23.8 Å². The van der Waals surface area contributed by atoms with Gasteiger partial charge >= 0.3 is 12.1 Å². The number of ketones is 1. The molecule has 0 saturated heterocycles. The van der Waals surface area contributed by atoms with E-state index in [9.17, 15) is 24.0 Å². The molecule has 216 valence electrons. The summed E-state index contributed by atoms with van der Waals surface area (Å²) in [6.45, 7) is 5.86. The van der Waals surface area contributed by atoms with Gasteiger partial charge in [0.1, 0.15) is 5.60 Å². The van der Waals surface area contributed by atoms with E-state index in [0.29, 0.717) is 58.1 Å².